The molecule has 4 heteroatoms. The molecule has 0 aliphatic carbocycles. The first-order valence-corrected chi connectivity index (χ1v) is 2.95. The largest absolute Gasteiger partial charge is 0.468 e. The predicted molar refractivity (Wildman–Crippen MR) is 36.3 cm³/mol. The lowest BCUT2D eigenvalue weighted by Crippen LogP contribution is -2.09. The molecule has 1 aromatic rings. The molecule has 1 rings (SSSR count). The van der Waals surface area contributed by atoms with Crippen LogP contribution in [-0.4, -0.2) is 5.97 Å². The minimum atomic E-state index is -0.538. The molecule has 0 aromatic carbocycles. The summed E-state index contributed by atoms with van der Waals surface area (Å²) in [6.07, 6.45) is 2.30. The molecule has 0 atom stereocenters. The van der Waals surface area contributed by atoms with Gasteiger partial charge in [-0.3, -0.25) is 9.59 Å². The lowest BCUT2D eigenvalue weighted by Gasteiger charge is -1.95. The van der Waals surface area contributed by atoms with Gasteiger partial charge in [-0.15, -0.1) is 0 Å². The maximum absolute atomic E-state index is 10.8. The van der Waals surface area contributed by atoms with Crippen molar-refractivity contribution < 1.29 is 13.9 Å². The molecule has 58 valence electrons. The van der Waals surface area contributed by atoms with Crippen LogP contribution in [0.1, 0.15) is 6.92 Å². The van der Waals surface area contributed by atoms with E-state index in [0.717, 1.165) is 6.26 Å². The molecule has 0 radical (unpaired) electrons. The van der Waals surface area contributed by atoms with Crippen LogP contribution in [0.15, 0.2) is 27.8 Å². The number of carbonyl (C=O) groups is 1. The van der Waals surface area contributed by atoms with Crippen molar-refractivity contribution in [2.75, 3.05) is 0 Å². The number of rotatable bonds is 1. The zero-order chi connectivity index (χ0) is 8.27. The predicted octanol–water partition coefficient (Wildman–Crippen LogP) is 0.565. The van der Waals surface area contributed by atoms with Crippen molar-refractivity contribution in [3.05, 3.63) is 28.8 Å². The quantitative estimate of drug-likeness (QED) is 0.554. The van der Waals surface area contributed by atoms with Gasteiger partial charge in [0.15, 0.2) is 0 Å². The van der Waals surface area contributed by atoms with Gasteiger partial charge >= 0.3 is 5.97 Å². The van der Waals surface area contributed by atoms with E-state index >= 15 is 0 Å². The third kappa shape index (κ3) is 1.93. The molecule has 0 fully saturated rings. The highest BCUT2D eigenvalue weighted by Crippen LogP contribution is 2.00. The van der Waals surface area contributed by atoms with E-state index in [9.17, 15) is 9.59 Å². The normalized spacial score (nSPS) is 9.18. The Morgan fingerprint density at radius 3 is 2.91 bits per heavy atom. The van der Waals surface area contributed by atoms with Gasteiger partial charge in [-0.25, -0.2) is 0 Å². The van der Waals surface area contributed by atoms with Gasteiger partial charge in [-0.2, -0.15) is 0 Å². The molecule has 0 unspecified atom stereocenters. The standard InChI is InChI=1S/C7H6O4/c1-5(8)11-7-4-10-3-2-6(7)9/h2-4H,1H3. The van der Waals surface area contributed by atoms with E-state index in [1.54, 1.807) is 0 Å². The average Bonchev–Trinajstić information content (AvgIpc) is 1.93. The summed E-state index contributed by atoms with van der Waals surface area (Å²) in [7, 11) is 0. The molecule has 0 saturated carbocycles. The topological polar surface area (TPSA) is 56.5 Å². The number of carbonyl (C=O) groups excluding carboxylic acids is 1. The Kier molecular flexibility index (Phi) is 2.06. The van der Waals surface area contributed by atoms with Crippen LogP contribution in [-0.2, 0) is 4.79 Å². The molecule has 0 aliphatic rings. The number of esters is 1. The maximum Gasteiger partial charge on any atom is 0.308 e. The molecule has 11 heavy (non-hydrogen) atoms. The van der Waals surface area contributed by atoms with Crippen molar-refractivity contribution >= 4 is 5.97 Å². The van der Waals surface area contributed by atoms with Crippen molar-refractivity contribution in [2.24, 2.45) is 0 Å². The van der Waals surface area contributed by atoms with E-state index in [0.29, 0.717) is 0 Å². The molecule has 0 amide bonds. The minimum Gasteiger partial charge on any atom is -0.468 e. The summed E-state index contributed by atoms with van der Waals surface area (Å²) in [5, 5.41) is 0. The third-order valence-electron chi connectivity index (χ3n) is 0.970. The van der Waals surface area contributed by atoms with Gasteiger partial charge in [0, 0.05) is 13.0 Å². The molecule has 1 heterocycles. The fraction of sp³-hybridized carbons (Fsp3) is 0.143. The van der Waals surface area contributed by atoms with Gasteiger partial charge < -0.3 is 9.15 Å². The minimum absolute atomic E-state index is 0.0833. The van der Waals surface area contributed by atoms with E-state index in [2.05, 4.69) is 9.15 Å². The van der Waals surface area contributed by atoms with Gasteiger partial charge in [0.25, 0.3) is 0 Å². The lowest BCUT2D eigenvalue weighted by atomic mass is 10.5. The second-order valence-electron chi connectivity index (χ2n) is 1.88. The lowest BCUT2D eigenvalue weighted by molar-refractivity contribution is -0.132. The summed E-state index contributed by atoms with van der Waals surface area (Å²) in [5.74, 6) is -0.622. The molecule has 1 aromatic heterocycles. The van der Waals surface area contributed by atoms with Gasteiger partial charge in [-0.05, 0) is 0 Å². The first kappa shape index (κ1) is 7.53. The first-order chi connectivity index (χ1) is 5.20. The molecular formula is C7H6O4. The van der Waals surface area contributed by atoms with Crippen LogP contribution >= 0.6 is 0 Å². The molecule has 0 spiro atoms. The molecule has 0 saturated heterocycles. The average molecular weight is 154 g/mol. The zero-order valence-electron chi connectivity index (χ0n) is 5.87. The van der Waals surface area contributed by atoms with Crippen LogP contribution in [0.5, 0.6) is 5.75 Å². The maximum atomic E-state index is 10.8. The van der Waals surface area contributed by atoms with Gasteiger partial charge in [0.2, 0.25) is 11.2 Å². The highest BCUT2D eigenvalue weighted by molar-refractivity contribution is 5.68. The van der Waals surface area contributed by atoms with E-state index in [1.807, 2.05) is 0 Å². The molecular weight excluding hydrogens is 148 g/mol. The summed E-state index contributed by atoms with van der Waals surface area (Å²) >= 11 is 0. The van der Waals surface area contributed by atoms with Crippen LogP contribution in [0.4, 0.5) is 0 Å². The monoisotopic (exact) mass is 154 g/mol. The Hall–Kier alpha value is -1.58. The number of hydrogen-bond donors (Lipinski definition) is 0. The van der Waals surface area contributed by atoms with Crippen LogP contribution in [0, 0.1) is 0 Å². The van der Waals surface area contributed by atoms with Crippen LogP contribution in [0.25, 0.3) is 0 Å². The van der Waals surface area contributed by atoms with Crippen LogP contribution in [0.2, 0.25) is 0 Å². The zero-order valence-corrected chi connectivity index (χ0v) is 5.87. The SMILES string of the molecule is CC(=O)Oc1coccc1=O. The first-order valence-electron chi connectivity index (χ1n) is 2.95. The summed E-state index contributed by atoms with van der Waals surface area (Å²) in [5.41, 5.74) is -0.369. The Balaban J connectivity index is 2.95. The summed E-state index contributed by atoms with van der Waals surface area (Å²) < 4.78 is 9.11. The molecule has 0 N–H and O–H groups in total. The van der Waals surface area contributed by atoms with Gasteiger partial charge in [-0.1, -0.05) is 0 Å². The summed E-state index contributed by atoms with van der Waals surface area (Å²) in [4.78, 5) is 21.2. The molecule has 4 nitrogen and oxygen atoms in total. The van der Waals surface area contributed by atoms with Gasteiger partial charge in [0.05, 0.1) is 6.26 Å². The van der Waals surface area contributed by atoms with Crippen molar-refractivity contribution in [1.29, 1.82) is 0 Å². The number of hydrogen-bond acceptors (Lipinski definition) is 4. The highest BCUT2D eigenvalue weighted by atomic mass is 16.5. The van der Waals surface area contributed by atoms with E-state index in [1.165, 1.54) is 19.3 Å². The van der Waals surface area contributed by atoms with Crippen LogP contribution < -0.4 is 10.2 Å². The second kappa shape index (κ2) is 3.01. The van der Waals surface area contributed by atoms with E-state index < -0.39 is 5.97 Å². The fourth-order valence-electron chi connectivity index (χ4n) is 0.572. The van der Waals surface area contributed by atoms with Crippen molar-refractivity contribution in [1.82, 2.24) is 0 Å². The Morgan fingerprint density at radius 2 is 2.36 bits per heavy atom. The van der Waals surface area contributed by atoms with Crippen molar-refractivity contribution in [2.45, 2.75) is 6.92 Å². The van der Waals surface area contributed by atoms with Crippen LogP contribution in [0.3, 0.4) is 0 Å². The Bertz CT molecular complexity index is 312. The van der Waals surface area contributed by atoms with Crippen molar-refractivity contribution in [3.63, 3.8) is 0 Å². The fourth-order valence-corrected chi connectivity index (χ4v) is 0.572. The van der Waals surface area contributed by atoms with E-state index in [4.69, 9.17) is 0 Å². The summed E-state index contributed by atoms with van der Waals surface area (Å²) in [6, 6.07) is 1.18. The number of ether oxygens (including phenoxy) is 1. The van der Waals surface area contributed by atoms with Gasteiger partial charge in [0.1, 0.15) is 6.26 Å². The second-order valence-corrected chi connectivity index (χ2v) is 1.88. The smallest absolute Gasteiger partial charge is 0.308 e. The summed E-state index contributed by atoms with van der Waals surface area (Å²) in [6.45, 7) is 1.21. The van der Waals surface area contributed by atoms with Crippen molar-refractivity contribution in [3.8, 4) is 5.75 Å². The highest BCUT2D eigenvalue weighted by Gasteiger charge is 2.01. The molecule has 0 bridgehead atoms. The third-order valence-corrected chi connectivity index (χ3v) is 0.970. The Labute approximate surface area is 62.4 Å². The van der Waals surface area contributed by atoms with E-state index in [-0.39, 0.29) is 11.2 Å². The molecule has 0 aliphatic heterocycles. The Morgan fingerprint density at radius 1 is 1.64 bits per heavy atom.